The molecule has 3 atom stereocenters. The standard InChI is InChI=1S/C46H93NO4/c1-3-5-7-9-11-13-15-17-18-19-20-21-22-23-24-25-26-28-29-31-33-35-37-39-43(49)41-46(51)47-44(42-48)45(50)40-38-36-34-32-30-27-16-14-12-10-8-6-4-2/h43-45,48-50H,3-42H2,1-2H3,(H,47,51). The molecule has 4 N–H and O–H groups in total. The van der Waals surface area contributed by atoms with E-state index in [1.165, 1.54) is 205 Å². The van der Waals surface area contributed by atoms with E-state index in [1.807, 2.05) is 0 Å². The molecule has 0 radical (unpaired) electrons. The van der Waals surface area contributed by atoms with Crippen LogP contribution in [0.15, 0.2) is 0 Å². The van der Waals surface area contributed by atoms with Crippen molar-refractivity contribution in [1.29, 1.82) is 0 Å². The van der Waals surface area contributed by atoms with Crippen LogP contribution in [0.4, 0.5) is 0 Å². The van der Waals surface area contributed by atoms with Crippen molar-refractivity contribution in [2.24, 2.45) is 0 Å². The van der Waals surface area contributed by atoms with E-state index in [1.54, 1.807) is 0 Å². The van der Waals surface area contributed by atoms with Gasteiger partial charge in [-0.15, -0.1) is 0 Å². The maximum Gasteiger partial charge on any atom is 0.222 e. The van der Waals surface area contributed by atoms with Crippen LogP contribution in [0.5, 0.6) is 0 Å². The van der Waals surface area contributed by atoms with Crippen LogP contribution in [0.3, 0.4) is 0 Å². The number of carbonyl (C=O) groups excluding carboxylic acids is 1. The van der Waals surface area contributed by atoms with Crippen LogP contribution in [-0.2, 0) is 4.79 Å². The smallest absolute Gasteiger partial charge is 0.222 e. The van der Waals surface area contributed by atoms with Crippen molar-refractivity contribution < 1.29 is 20.1 Å². The van der Waals surface area contributed by atoms with Gasteiger partial charge in [-0.1, -0.05) is 245 Å². The maximum atomic E-state index is 12.5. The van der Waals surface area contributed by atoms with E-state index in [9.17, 15) is 20.1 Å². The normalized spacial score (nSPS) is 13.4. The van der Waals surface area contributed by atoms with Crippen molar-refractivity contribution in [3.63, 3.8) is 0 Å². The molecule has 0 aromatic heterocycles. The lowest BCUT2D eigenvalue weighted by molar-refractivity contribution is -0.125. The highest BCUT2D eigenvalue weighted by Crippen LogP contribution is 2.17. The molecule has 1 amide bonds. The highest BCUT2D eigenvalue weighted by atomic mass is 16.3. The Morgan fingerprint density at radius 2 is 0.667 bits per heavy atom. The lowest BCUT2D eigenvalue weighted by Crippen LogP contribution is -2.46. The van der Waals surface area contributed by atoms with E-state index in [4.69, 9.17) is 0 Å². The zero-order valence-corrected chi connectivity index (χ0v) is 34.8. The van der Waals surface area contributed by atoms with Gasteiger partial charge in [0.05, 0.1) is 31.3 Å². The first-order chi connectivity index (χ1) is 25.0. The Bertz CT molecular complexity index is 674. The Morgan fingerprint density at radius 1 is 0.412 bits per heavy atom. The molecule has 0 aliphatic carbocycles. The largest absolute Gasteiger partial charge is 0.394 e. The second kappa shape index (κ2) is 42.1. The van der Waals surface area contributed by atoms with E-state index < -0.39 is 18.2 Å². The number of aliphatic hydroxyl groups excluding tert-OH is 3. The average Bonchev–Trinajstić information content (AvgIpc) is 3.12. The summed E-state index contributed by atoms with van der Waals surface area (Å²) < 4.78 is 0. The van der Waals surface area contributed by atoms with Gasteiger partial charge in [0.1, 0.15) is 0 Å². The van der Waals surface area contributed by atoms with Crippen molar-refractivity contribution in [1.82, 2.24) is 5.32 Å². The SMILES string of the molecule is CCCCCCCCCCCCCCCCCCCCCCCCCC(O)CC(=O)NC(CO)C(O)CCCCCCCCCCCCCCC. The lowest BCUT2D eigenvalue weighted by Gasteiger charge is -2.23. The van der Waals surface area contributed by atoms with Crippen LogP contribution in [0.2, 0.25) is 0 Å². The Morgan fingerprint density at radius 3 is 0.941 bits per heavy atom. The minimum absolute atomic E-state index is 0.0429. The summed E-state index contributed by atoms with van der Waals surface area (Å²) >= 11 is 0. The number of aliphatic hydroxyl groups is 3. The van der Waals surface area contributed by atoms with Crippen LogP contribution in [0.25, 0.3) is 0 Å². The van der Waals surface area contributed by atoms with E-state index in [2.05, 4.69) is 19.2 Å². The van der Waals surface area contributed by atoms with Gasteiger partial charge in [-0.25, -0.2) is 0 Å². The fraction of sp³-hybridized carbons (Fsp3) is 0.978. The number of unbranched alkanes of at least 4 members (excludes halogenated alkanes) is 34. The summed E-state index contributed by atoms with van der Waals surface area (Å²) in [6.45, 7) is 4.28. The molecule has 306 valence electrons. The third-order valence-electron chi connectivity index (χ3n) is 11.2. The van der Waals surface area contributed by atoms with Gasteiger partial charge in [0.2, 0.25) is 5.91 Å². The number of carbonyl (C=O) groups is 1. The summed E-state index contributed by atoms with van der Waals surface area (Å²) in [4.78, 5) is 12.5. The van der Waals surface area contributed by atoms with E-state index in [-0.39, 0.29) is 18.9 Å². The molecule has 51 heavy (non-hydrogen) atoms. The molecule has 0 aliphatic heterocycles. The van der Waals surface area contributed by atoms with Gasteiger partial charge in [0.25, 0.3) is 0 Å². The van der Waals surface area contributed by atoms with Crippen LogP contribution in [0, 0.1) is 0 Å². The van der Waals surface area contributed by atoms with Gasteiger partial charge in [-0.3, -0.25) is 4.79 Å². The van der Waals surface area contributed by atoms with Crippen LogP contribution < -0.4 is 5.32 Å². The molecule has 0 saturated heterocycles. The van der Waals surface area contributed by atoms with Crippen molar-refractivity contribution >= 4 is 5.91 Å². The zero-order valence-electron chi connectivity index (χ0n) is 34.8. The summed E-state index contributed by atoms with van der Waals surface area (Å²) in [6.07, 6.45) is 48.0. The van der Waals surface area contributed by atoms with Crippen LogP contribution in [-0.4, -0.2) is 46.1 Å². The molecule has 0 heterocycles. The minimum atomic E-state index is -0.743. The first-order valence-electron chi connectivity index (χ1n) is 23.3. The first kappa shape index (κ1) is 50.4. The van der Waals surface area contributed by atoms with Gasteiger partial charge in [-0.05, 0) is 12.8 Å². The lowest BCUT2D eigenvalue weighted by atomic mass is 10.0. The summed E-state index contributed by atoms with van der Waals surface area (Å²) in [5, 5.41) is 33.4. The molecule has 5 nitrogen and oxygen atoms in total. The molecule has 0 spiro atoms. The quantitative estimate of drug-likeness (QED) is 0.0472. The number of amides is 1. The van der Waals surface area contributed by atoms with Gasteiger partial charge in [-0.2, -0.15) is 0 Å². The Kier molecular flexibility index (Phi) is 41.6. The predicted molar refractivity (Wildman–Crippen MR) is 222 cm³/mol. The first-order valence-corrected chi connectivity index (χ1v) is 23.3. The molecule has 0 aromatic rings. The van der Waals surface area contributed by atoms with Gasteiger partial charge < -0.3 is 20.6 Å². The van der Waals surface area contributed by atoms with Gasteiger partial charge in [0.15, 0.2) is 0 Å². The monoisotopic (exact) mass is 724 g/mol. The molecule has 0 bridgehead atoms. The van der Waals surface area contributed by atoms with Crippen molar-refractivity contribution in [2.45, 2.75) is 283 Å². The fourth-order valence-electron chi connectivity index (χ4n) is 7.58. The third-order valence-corrected chi connectivity index (χ3v) is 11.2. The molecule has 0 saturated carbocycles. The molecular weight excluding hydrogens is 631 g/mol. The molecule has 0 aliphatic rings. The Labute approximate surface area is 319 Å². The van der Waals surface area contributed by atoms with Crippen molar-refractivity contribution in [3.8, 4) is 0 Å². The molecule has 3 unspecified atom stereocenters. The van der Waals surface area contributed by atoms with Crippen LogP contribution >= 0.6 is 0 Å². The van der Waals surface area contributed by atoms with Gasteiger partial charge >= 0.3 is 0 Å². The van der Waals surface area contributed by atoms with E-state index in [0.29, 0.717) is 12.8 Å². The Balaban J connectivity index is 3.52. The molecular formula is C46H93NO4. The number of rotatable bonds is 43. The highest BCUT2D eigenvalue weighted by Gasteiger charge is 2.21. The molecule has 0 aromatic carbocycles. The zero-order chi connectivity index (χ0) is 37.3. The average molecular weight is 724 g/mol. The molecule has 0 fully saturated rings. The predicted octanol–water partition coefficient (Wildman–Crippen LogP) is 13.4. The topological polar surface area (TPSA) is 89.8 Å². The fourth-order valence-corrected chi connectivity index (χ4v) is 7.58. The summed E-state index contributed by atoms with van der Waals surface area (Å²) in [5.41, 5.74) is 0. The van der Waals surface area contributed by atoms with Crippen molar-refractivity contribution in [2.75, 3.05) is 6.61 Å². The highest BCUT2D eigenvalue weighted by molar-refractivity contribution is 5.76. The Hall–Kier alpha value is -0.650. The second-order valence-electron chi connectivity index (χ2n) is 16.4. The maximum absolute atomic E-state index is 12.5. The number of hydrogen-bond acceptors (Lipinski definition) is 4. The van der Waals surface area contributed by atoms with E-state index >= 15 is 0 Å². The molecule has 0 rings (SSSR count). The van der Waals surface area contributed by atoms with Gasteiger partial charge in [0, 0.05) is 0 Å². The third kappa shape index (κ3) is 38.9. The van der Waals surface area contributed by atoms with E-state index in [0.717, 1.165) is 25.7 Å². The number of hydrogen-bond donors (Lipinski definition) is 4. The minimum Gasteiger partial charge on any atom is -0.394 e. The van der Waals surface area contributed by atoms with Crippen molar-refractivity contribution in [3.05, 3.63) is 0 Å². The molecule has 5 heteroatoms. The number of nitrogens with one attached hydrogen (secondary N) is 1. The second-order valence-corrected chi connectivity index (χ2v) is 16.4. The summed E-state index contributed by atoms with van der Waals surface area (Å²) in [7, 11) is 0. The summed E-state index contributed by atoms with van der Waals surface area (Å²) in [5.74, 6) is -0.278. The van der Waals surface area contributed by atoms with Crippen LogP contribution in [0.1, 0.15) is 264 Å². The summed E-state index contributed by atoms with van der Waals surface area (Å²) in [6, 6.07) is -0.652.